The van der Waals surface area contributed by atoms with Gasteiger partial charge in [-0.25, -0.2) is 28.0 Å². The Morgan fingerprint density at radius 3 is 1.30 bits per heavy atom. The minimum atomic E-state index is -4.11. The van der Waals surface area contributed by atoms with Crippen molar-refractivity contribution in [2.24, 2.45) is 5.41 Å². The van der Waals surface area contributed by atoms with Gasteiger partial charge in [-0.3, -0.25) is 18.1 Å². The summed E-state index contributed by atoms with van der Waals surface area (Å²) in [5, 5.41) is 1.11. The second-order valence-electron chi connectivity index (χ2n) is 11.6. The van der Waals surface area contributed by atoms with E-state index in [1.807, 2.05) is 48.5 Å². The molecule has 0 saturated carbocycles. The molecular formula is C31H30O12P4+2. The van der Waals surface area contributed by atoms with Gasteiger partial charge in [0, 0.05) is 22.3 Å². The maximum absolute atomic E-state index is 13.4. The lowest BCUT2D eigenvalue weighted by atomic mass is 9.93. The number of phosphoric acid groups is 2. The second kappa shape index (κ2) is 11.8. The van der Waals surface area contributed by atoms with Crippen molar-refractivity contribution in [1.82, 2.24) is 0 Å². The van der Waals surface area contributed by atoms with E-state index in [0.717, 1.165) is 22.3 Å². The molecule has 12 nitrogen and oxygen atoms in total. The summed E-state index contributed by atoms with van der Waals surface area (Å²) in [6.45, 7) is -0.644. The van der Waals surface area contributed by atoms with E-state index < -0.39 is 49.2 Å². The molecule has 2 atom stereocenters. The van der Waals surface area contributed by atoms with E-state index in [0.29, 0.717) is 22.1 Å². The van der Waals surface area contributed by atoms with Crippen LogP contribution in [0.1, 0.15) is 0 Å². The summed E-state index contributed by atoms with van der Waals surface area (Å²) in [4.78, 5) is 23.2. The zero-order chi connectivity index (χ0) is 32.3. The van der Waals surface area contributed by atoms with Crippen LogP contribution in [0.15, 0.2) is 97.1 Å². The first-order valence-electron chi connectivity index (χ1n) is 14.7. The normalized spacial score (nSPS) is 32.2. The summed E-state index contributed by atoms with van der Waals surface area (Å²) in [5.74, 6) is 0.990. The van der Waals surface area contributed by atoms with Crippen molar-refractivity contribution < 1.29 is 55.1 Å². The number of fused-ring (bicyclic) bond motifs is 6. The molecule has 2 N–H and O–H groups in total. The van der Waals surface area contributed by atoms with E-state index >= 15 is 0 Å². The van der Waals surface area contributed by atoms with E-state index in [1.54, 1.807) is 48.5 Å². The third kappa shape index (κ3) is 5.81. The summed E-state index contributed by atoms with van der Waals surface area (Å²) < 4.78 is 72.4. The van der Waals surface area contributed by atoms with Crippen LogP contribution < -0.4 is 19.7 Å². The third-order valence-electron chi connectivity index (χ3n) is 8.31. The average molecular weight is 718 g/mol. The maximum Gasteiger partial charge on any atom is 0.478 e. The highest BCUT2D eigenvalue weighted by atomic mass is 31.2. The first-order chi connectivity index (χ1) is 22.6. The first-order valence-corrected chi connectivity index (χ1v) is 21.3. The Balaban J connectivity index is 0.891. The fourth-order valence-corrected chi connectivity index (χ4v) is 13.7. The van der Waals surface area contributed by atoms with Crippen LogP contribution in [0.25, 0.3) is 22.3 Å². The van der Waals surface area contributed by atoms with Gasteiger partial charge in [-0.1, -0.05) is 72.8 Å². The molecule has 4 aromatic carbocycles. The van der Waals surface area contributed by atoms with E-state index in [9.17, 15) is 18.9 Å². The van der Waals surface area contributed by atoms with Crippen molar-refractivity contribution in [1.29, 1.82) is 0 Å². The van der Waals surface area contributed by atoms with E-state index in [-0.39, 0.29) is 26.4 Å². The summed E-state index contributed by atoms with van der Waals surface area (Å²) in [6, 6.07) is 29.3. The van der Waals surface area contributed by atoms with Gasteiger partial charge in [0.2, 0.25) is 12.7 Å². The largest absolute Gasteiger partial charge is 0.478 e. The SMILES string of the molecule is O=P1(OC[P+]2(O)Oc3ccccc3-c3ccccc32)OCC2(CO1)COP(=O)(OC[P+]1(O)Oc3ccccc3-c3ccccc31)OC2. The molecule has 47 heavy (non-hydrogen) atoms. The molecule has 0 aromatic heterocycles. The van der Waals surface area contributed by atoms with Crippen molar-refractivity contribution in [3.8, 4) is 33.8 Å². The Kier molecular flexibility index (Phi) is 7.98. The fourth-order valence-electron chi connectivity index (χ4n) is 5.80. The van der Waals surface area contributed by atoms with Gasteiger partial charge in [0.1, 0.15) is 0 Å². The highest BCUT2D eigenvalue weighted by Crippen LogP contribution is 2.67. The number of hydrogen-bond acceptors (Lipinski definition) is 12. The Labute approximate surface area is 271 Å². The smallest absolute Gasteiger partial charge is 0.311 e. The molecule has 4 heterocycles. The molecule has 0 aliphatic carbocycles. The standard InChI is InChI=1S/C31H30O12P4/c32-44(29-15-7-3-11-25(29)23-9-1-5-13-27(23)42-44)21-40-46(34)36-17-31(18-37-46)19-38-47(35,39-20-31)41-22-45(33)30-16-8-4-12-26(30)24-10-2-6-14-28(24)43-45/h1-16,32-33H,17-22H2/q+2. The van der Waals surface area contributed by atoms with Crippen LogP contribution in [0.4, 0.5) is 0 Å². The van der Waals surface area contributed by atoms with Crippen LogP contribution in [0.5, 0.6) is 11.5 Å². The van der Waals surface area contributed by atoms with Crippen molar-refractivity contribution in [2.45, 2.75) is 0 Å². The molecular weight excluding hydrogens is 688 g/mol. The molecule has 0 amide bonds. The Bertz CT molecular complexity index is 1790. The molecule has 0 radical (unpaired) electrons. The van der Waals surface area contributed by atoms with E-state index in [2.05, 4.69) is 0 Å². The lowest BCUT2D eigenvalue weighted by Gasteiger charge is -2.41. The molecule has 2 unspecified atom stereocenters. The third-order valence-corrected chi connectivity index (χ3v) is 15.6. The molecule has 244 valence electrons. The van der Waals surface area contributed by atoms with Crippen LogP contribution in [-0.2, 0) is 36.3 Å². The summed E-state index contributed by atoms with van der Waals surface area (Å²) in [5.41, 5.74) is 2.33. The van der Waals surface area contributed by atoms with Gasteiger partial charge in [0.25, 0.3) is 0 Å². The van der Waals surface area contributed by atoms with Crippen LogP contribution in [0, 0.1) is 5.41 Å². The number of para-hydroxylation sites is 2. The van der Waals surface area contributed by atoms with Crippen molar-refractivity contribution >= 4 is 41.7 Å². The number of benzene rings is 4. The van der Waals surface area contributed by atoms with Crippen molar-refractivity contribution in [3.05, 3.63) is 97.1 Å². The number of rotatable bonds is 6. The summed E-state index contributed by atoms with van der Waals surface area (Å²) in [6.07, 6.45) is -0.860. The maximum atomic E-state index is 13.4. The van der Waals surface area contributed by atoms with Gasteiger partial charge < -0.3 is 9.05 Å². The summed E-state index contributed by atoms with van der Waals surface area (Å²) >= 11 is 0. The van der Waals surface area contributed by atoms with E-state index in [4.69, 9.17) is 36.2 Å². The van der Waals surface area contributed by atoms with Gasteiger partial charge in [-0.05, 0) is 24.3 Å². The molecule has 4 aromatic rings. The lowest BCUT2D eigenvalue weighted by molar-refractivity contribution is -0.0933. The highest BCUT2D eigenvalue weighted by molar-refractivity contribution is 7.74. The zero-order valence-electron chi connectivity index (χ0n) is 24.7. The lowest BCUT2D eigenvalue weighted by Crippen LogP contribution is -2.46. The molecule has 0 bridgehead atoms. The van der Waals surface area contributed by atoms with Crippen LogP contribution in [-0.4, -0.2) is 48.9 Å². The molecule has 1 spiro atoms. The molecule has 4 aliphatic rings. The molecule has 2 fully saturated rings. The minimum Gasteiger partial charge on any atom is -0.311 e. The molecule has 8 rings (SSSR count). The quantitative estimate of drug-likeness (QED) is 0.205. The second-order valence-corrected chi connectivity index (χ2v) is 19.6. The summed E-state index contributed by atoms with van der Waals surface area (Å²) in [7, 11) is -15.0. The Hall–Kier alpha value is -2.52. The van der Waals surface area contributed by atoms with Crippen molar-refractivity contribution in [2.75, 3.05) is 39.1 Å². The average Bonchev–Trinajstić information content (AvgIpc) is 3.10. The molecule has 2 saturated heterocycles. The van der Waals surface area contributed by atoms with Crippen LogP contribution in [0.2, 0.25) is 0 Å². The zero-order valence-corrected chi connectivity index (χ0v) is 28.3. The molecule has 16 heteroatoms. The molecule has 4 aliphatic heterocycles. The van der Waals surface area contributed by atoms with Gasteiger partial charge in [0.05, 0.1) is 31.8 Å². The van der Waals surface area contributed by atoms with Gasteiger partial charge in [-0.2, -0.15) is 0 Å². The first kappa shape index (κ1) is 31.7. The predicted octanol–water partition coefficient (Wildman–Crippen LogP) is 6.68. The van der Waals surface area contributed by atoms with Crippen molar-refractivity contribution in [3.63, 3.8) is 0 Å². The Morgan fingerprint density at radius 2 is 0.894 bits per heavy atom. The van der Waals surface area contributed by atoms with Crippen LogP contribution >= 0.6 is 31.1 Å². The number of hydrogen-bond donors (Lipinski definition) is 2. The van der Waals surface area contributed by atoms with Gasteiger partial charge in [-0.15, -0.1) is 0 Å². The van der Waals surface area contributed by atoms with Crippen LogP contribution in [0.3, 0.4) is 0 Å². The fraction of sp³-hybridized carbons (Fsp3) is 0.226. The van der Waals surface area contributed by atoms with Gasteiger partial charge in [0.15, 0.2) is 22.1 Å². The number of phosphoric ester groups is 2. The topological polar surface area (TPSA) is 148 Å². The minimum absolute atomic E-state index is 0.161. The van der Waals surface area contributed by atoms with E-state index in [1.165, 1.54) is 0 Å². The predicted molar refractivity (Wildman–Crippen MR) is 176 cm³/mol. The van der Waals surface area contributed by atoms with Gasteiger partial charge >= 0.3 is 31.1 Å². The monoisotopic (exact) mass is 718 g/mol. The Morgan fingerprint density at radius 1 is 0.553 bits per heavy atom. The highest BCUT2D eigenvalue weighted by Gasteiger charge is 2.56.